The van der Waals surface area contributed by atoms with Crippen LogP contribution >= 0.6 is 81.2 Å². The molecule has 534 valence electrons. The fraction of sp³-hybridized carbons (Fsp3) is 0.195. The number of nitrogens with one attached hydrogen (secondary N) is 3. The molecule has 5 N–H and O–H groups in total. The van der Waals surface area contributed by atoms with E-state index in [4.69, 9.17) is 92.0 Å². The molecule has 0 aliphatic heterocycles. The highest BCUT2D eigenvalue weighted by Crippen LogP contribution is 2.36. The zero-order chi connectivity index (χ0) is 74.6. The molecule has 2 atom stereocenters. The molecule has 13 nitrogen and oxygen atoms in total. The van der Waals surface area contributed by atoms with Crippen molar-refractivity contribution in [3.63, 3.8) is 0 Å². The molecule has 0 spiro atoms. The van der Waals surface area contributed by atoms with Crippen LogP contribution in [0.3, 0.4) is 0 Å². The number of allylic oxidation sites excluding steroid dienone is 3. The maximum atomic E-state index is 14.8. The van der Waals surface area contributed by atoms with Crippen molar-refractivity contribution in [3.8, 4) is 17.1 Å². The first-order valence-electron chi connectivity index (χ1n) is 33.5. The molecule has 104 heavy (non-hydrogen) atoms. The quantitative estimate of drug-likeness (QED) is 0.0659. The summed E-state index contributed by atoms with van der Waals surface area (Å²) < 4.78 is 33.2. The van der Waals surface area contributed by atoms with Crippen LogP contribution in [0.25, 0.3) is 52.0 Å². The van der Waals surface area contributed by atoms with Gasteiger partial charge in [0, 0.05) is 53.9 Å². The van der Waals surface area contributed by atoms with Gasteiger partial charge >= 0.3 is 0 Å². The molecule has 11 aromatic rings. The molecule has 0 radical (unpaired) electrons. The Balaban J connectivity index is 0.000000167. The number of amides is 3. The Labute approximate surface area is 639 Å². The maximum Gasteiger partial charge on any atom is 0.276 e. The third-order valence-electron chi connectivity index (χ3n) is 17.8. The van der Waals surface area contributed by atoms with E-state index in [-0.39, 0.29) is 46.9 Å². The lowest BCUT2D eigenvalue weighted by Gasteiger charge is -2.28. The number of para-hydroxylation sites is 2. The van der Waals surface area contributed by atoms with Crippen LogP contribution in [0.4, 0.5) is 20.2 Å². The topological polar surface area (TPSA) is 167 Å². The van der Waals surface area contributed by atoms with Crippen LogP contribution in [0.15, 0.2) is 182 Å². The van der Waals surface area contributed by atoms with Gasteiger partial charge in [-0.3, -0.25) is 14.4 Å². The number of nitrogens with zero attached hydrogens (tertiary/aromatic N) is 6. The average molecular weight is 1530 g/mol. The Kier molecular flexibility index (Phi) is 26.0. The fourth-order valence-electron chi connectivity index (χ4n) is 12.6. The van der Waals surface area contributed by atoms with Crippen LogP contribution in [0.5, 0.6) is 0 Å². The summed E-state index contributed by atoms with van der Waals surface area (Å²) in [5.41, 5.74) is 19.6. The number of benzene rings is 8. The molecule has 0 saturated heterocycles. The molecule has 0 bridgehead atoms. The van der Waals surface area contributed by atoms with E-state index in [9.17, 15) is 23.2 Å². The second kappa shape index (κ2) is 35.0. The number of halogens is 9. The normalized spacial score (nSPS) is 13.3. The third-order valence-corrected chi connectivity index (χ3v) is 19.6. The Morgan fingerprint density at radius 1 is 0.471 bits per heavy atom. The standard InChI is InChI=1S/C28H24Cl3N3O.C28H30ClF2N3O.C26H21Cl3N4O/c1-17(14-20-8-7-11-22(29)15-20)27-18(2)26(28(35)32-19(3)21-9-5-4-6-10-21)33-34(27)25-13-12-23(30)16-24(25)31;1-17(15-20-9-11-22(29)12-10-20)27-18(2)26(28(35)32-19(3)21-7-5-4-6-8-21)33-34(27)25-14-13-23(30)16-24(25)31;1-15(12-17-6-5-7-18(27)13-17)25-16(2)24(26(34)31-22-9-4-3-8-21(22)30)32-33(25)23-11-10-19(28)14-20(23)29/h4-16,19H,1-3H3,(H,32,35);9-16,19,21H,4-8H2,1-3H3,(H,32,35);3-14H,30H2,1-2H3,(H,31,34)/b17-14+;17-15+;15-12+/t2*19-;/m10./s1. The van der Waals surface area contributed by atoms with Gasteiger partial charge in [0.2, 0.25) is 0 Å². The van der Waals surface area contributed by atoms with E-state index in [1.807, 2.05) is 158 Å². The second-order valence-corrected chi connectivity index (χ2v) is 28.4. The lowest BCUT2D eigenvalue weighted by Crippen LogP contribution is -2.39. The zero-order valence-corrected chi connectivity index (χ0v) is 63.5. The molecule has 0 unspecified atom stereocenters. The molecule has 22 heteroatoms. The molecule has 3 heterocycles. The van der Waals surface area contributed by atoms with E-state index in [1.165, 1.54) is 36.1 Å². The zero-order valence-electron chi connectivity index (χ0n) is 58.2. The lowest BCUT2D eigenvalue weighted by molar-refractivity contribution is 0.0910. The highest BCUT2D eigenvalue weighted by atomic mass is 35.5. The summed E-state index contributed by atoms with van der Waals surface area (Å²) in [4.78, 5) is 39.8. The third kappa shape index (κ3) is 19.0. The SMILES string of the molecule is C/C(=C\c1ccc(Cl)cc1)c1c(C)c(C(=O)N[C@@H](C)C2CCCCC2)nn1-c1ccc(F)cc1F.C/C(=C\c1cccc(Cl)c1)c1c(C)c(C(=O)N[C@H](C)c2ccccc2)nn1-c1ccc(Cl)cc1Cl.C/C(=C\c1cccc(Cl)c1)c1c(C)c(C(=O)Nc2ccccc2N)nn1-c1ccc(Cl)cc1Cl. The number of hydrogen-bond acceptors (Lipinski definition) is 7. The number of anilines is 2. The molecule has 1 aliphatic rings. The average Bonchev–Trinajstić information content (AvgIpc) is 1.61. The van der Waals surface area contributed by atoms with Crippen molar-refractivity contribution in [2.75, 3.05) is 11.1 Å². The maximum absolute atomic E-state index is 14.8. The molecule has 12 rings (SSSR count). The molecule has 3 aromatic heterocycles. The summed E-state index contributed by atoms with van der Waals surface area (Å²) >= 11 is 43.7. The molecule has 1 fully saturated rings. The van der Waals surface area contributed by atoms with Gasteiger partial charge in [-0.2, -0.15) is 15.3 Å². The Morgan fingerprint density at radius 2 is 0.904 bits per heavy atom. The molecule has 1 aliphatic carbocycles. The molecular formula is C82H75Cl7F2N10O3. The van der Waals surface area contributed by atoms with Crippen molar-refractivity contribution in [1.82, 2.24) is 40.0 Å². The smallest absolute Gasteiger partial charge is 0.276 e. The van der Waals surface area contributed by atoms with Gasteiger partial charge in [0.1, 0.15) is 11.5 Å². The number of nitrogen functional groups attached to an aromatic ring is 1. The lowest BCUT2D eigenvalue weighted by atomic mass is 9.84. The highest BCUT2D eigenvalue weighted by molar-refractivity contribution is 6.36. The molecule has 8 aromatic carbocycles. The van der Waals surface area contributed by atoms with Crippen molar-refractivity contribution >= 4 is 145 Å². The number of carbonyl (C=O) groups excluding carboxylic acids is 3. The summed E-state index contributed by atoms with van der Waals surface area (Å²) in [6, 6.07) is 52.8. The summed E-state index contributed by atoms with van der Waals surface area (Å²) in [6.07, 6.45) is 11.7. The first-order valence-corrected chi connectivity index (χ1v) is 36.2. The Bertz CT molecular complexity index is 5080. The summed E-state index contributed by atoms with van der Waals surface area (Å²) in [5, 5.41) is 26.7. The van der Waals surface area contributed by atoms with Crippen molar-refractivity contribution < 1.29 is 23.2 Å². The van der Waals surface area contributed by atoms with E-state index in [0.29, 0.717) is 86.3 Å². The number of nitrogens with two attached hydrogens (primary N) is 1. The summed E-state index contributed by atoms with van der Waals surface area (Å²) in [5.74, 6) is -1.92. The summed E-state index contributed by atoms with van der Waals surface area (Å²) in [6.45, 7) is 15.3. The predicted octanol–water partition coefficient (Wildman–Crippen LogP) is 23.1. The number of carbonyl (C=O) groups is 3. The van der Waals surface area contributed by atoms with Crippen molar-refractivity contribution in [2.45, 2.75) is 99.6 Å². The Morgan fingerprint density at radius 3 is 1.38 bits per heavy atom. The van der Waals surface area contributed by atoms with Gasteiger partial charge in [0.15, 0.2) is 22.9 Å². The van der Waals surface area contributed by atoms with Crippen molar-refractivity contribution in [2.24, 2.45) is 5.92 Å². The number of aromatic nitrogens is 6. The number of rotatable bonds is 17. The monoisotopic (exact) mass is 1530 g/mol. The largest absolute Gasteiger partial charge is 0.397 e. The van der Waals surface area contributed by atoms with E-state index in [2.05, 4.69) is 26.1 Å². The van der Waals surface area contributed by atoms with E-state index < -0.39 is 11.6 Å². The molecule has 3 amide bonds. The van der Waals surface area contributed by atoms with Gasteiger partial charge in [-0.05, 0) is 228 Å². The van der Waals surface area contributed by atoms with Gasteiger partial charge < -0.3 is 21.7 Å². The summed E-state index contributed by atoms with van der Waals surface area (Å²) in [7, 11) is 0. The minimum Gasteiger partial charge on any atom is -0.397 e. The van der Waals surface area contributed by atoms with Gasteiger partial charge in [-0.15, -0.1) is 0 Å². The van der Waals surface area contributed by atoms with Crippen LogP contribution < -0.4 is 21.7 Å². The van der Waals surface area contributed by atoms with E-state index in [1.54, 1.807) is 89.1 Å². The van der Waals surface area contributed by atoms with Gasteiger partial charge in [0.05, 0.1) is 55.9 Å². The minimum absolute atomic E-state index is 0.0177. The first-order chi connectivity index (χ1) is 49.7. The van der Waals surface area contributed by atoms with Gasteiger partial charge in [-0.1, -0.05) is 179 Å². The van der Waals surface area contributed by atoms with Crippen molar-refractivity contribution in [1.29, 1.82) is 0 Å². The predicted molar refractivity (Wildman–Crippen MR) is 424 cm³/mol. The Hall–Kier alpha value is -9.29. The second-order valence-electron chi connectivity index (χ2n) is 25.4. The van der Waals surface area contributed by atoms with Crippen LogP contribution in [-0.2, 0) is 0 Å². The van der Waals surface area contributed by atoms with Crippen LogP contribution in [0.2, 0.25) is 35.2 Å². The van der Waals surface area contributed by atoms with E-state index >= 15 is 0 Å². The van der Waals surface area contributed by atoms with Crippen LogP contribution in [0.1, 0.15) is 160 Å². The highest BCUT2D eigenvalue weighted by Gasteiger charge is 2.30. The van der Waals surface area contributed by atoms with Crippen molar-refractivity contribution in [3.05, 3.63) is 302 Å². The fourth-order valence-corrected chi connectivity index (χ4v) is 14.1. The van der Waals surface area contributed by atoms with Crippen LogP contribution in [-0.4, -0.2) is 53.1 Å². The molecular weight excluding hydrogens is 1460 g/mol. The van der Waals surface area contributed by atoms with E-state index in [0.717, 1.165) is 74.8 Å². The first kappa shape index (κ1) is 77.3. The minimum atomic E-state index is -0.754. The molecule has 1 saturated carbocycles. The van der Waals surface area contributed by atoms with Gasteiger partial charge in [-0.25, -0.2) is 22.8 Å². The van der Waals surface area contributed by atoms with Gasteiger partial charge in [0.25, 0.3) is 17.7 Å². The van der Waals surface area contributed by atoms with Crippen LogP contribution in [0, 0.1) is 38.3 Å². The number of hydrogen-bond donors (Lipinski definition) is 4.